The number of methoxy groups -OCH3 is 1. The monoisotopic (exact) mass is 513 g/mol. The highest BCUT2D eigenvalue weighted by molar-refractivity contribution is 5.75. The number of hydrogen-bond donors (Lipinski definition) is 1. The lowest BCUT2D eigenvalue weighted by atomic mass is 9.87. The average Bonchev–Trinajstić information content (AvgIpc) is 3.58. The zero-order valence-electron chi connectivity index (χ0n) is 21.3. The van der Waals surface area contributed by atoms with Crippen LogP contribution in [-0.4, -0.2) is 64.6 Å². The van der Waals surface area contributed by atoms with E-state index < -0.39 is 11.9 Å². The van der Waals surface area contributed by atoms with Crippen LogP contribution in [0.5, 0.6) is 17.2 Å². The number of benzene rings is 3. The van der Waals surface area contributed by atoms with E-state index >= 15 is 0 Å². The Labute approximate surface area is 220 Å². The third kappa shape index (κ3) is 3.93. The number of carbonyl (C=O) groups is 1. The maximum Gasteiger partial charge on any atom is 0.272 e. The van der Waals surface area contributed by atoms with Crippen molar-refractivity contribution in [2.24, 2.45) is 5.73 Å². The van der Waals surface area contributed by atoms with Gasteiger partial charge in [0.2, 0.25) is 18.4 Å². The van der Waals surface area contributed by atoms with Crippen molar-refractivity contribution < 1.29 is 23.5 Å². The highest BCUT2D eigenvalue weighted by Crippen LogP contribution is 2.52. The number of quaternary nitrogens is 1. The van der Waals surface area contributed by atoms with Gasteiger partial charge in [0.15, 0.2) is 24.1 Å². The first kappa shape index (κ1) is 23.9. The van der Waals surface area contributed by atoms with E-state index in [1.807, 2.05) is 54.2 Å². The first-order valence-electron chi connectivity index (χ1n) is 12.5. The molecule has 1 amide bonds. The summed E-state index contributed by atoms with van der Waals surface area (Å²) in [7, 11) is 3.63. The van der Waals surface area contributed by atoms with Crippen LogP contribution in [0.1, 0.15) is 40.2 Å². The van der Waals surface area contributed by atoms with Crippen LogP contribution in [0.2, 0.25) is 0 Å². The van der Waals surface area contributed by atoms with Gasteiger partial charge in [-0.25, -0.2) is 4.68 Å². The van der Waals surface area contributed by atoms with E-state index in [0.29, 0.717) is 36.0 Å². The quantitative estimate of drug-likeness (QED) is 0.378. The van der Waals surface area contributed by atoms with Gasteiger partial charge in [0.05, 0.1) is 26.3 Å². The number of likely N-dealkylation sites (N-methyl/N-ethyl adjacent to an activating group) is 1. The van der Waals surface area contributed by atoms with E-state index in [9.17, 15) is 4.79 Å². The van der Waals surface area contributed by atoms with Gasteiger partial charge < -0.3 is 24.4 Å². The van der Waals surface area contributed by atoms with Crippen LogP contribution >= 0.6 is 0 Å². The van der Waals surface area contributed by atoms with Gasteiger partial charge in [0.1, 0.15) is 6.04 Å². The molecule has 0 bridgehead atoms. The van der Waals surface area contributed by atoms with Gasteiger partial charge in [-0.05, 0) is 33.2 Å². The average molecular weight is 514 g/mol. The van der Waals surface area contributed by atoms with Crippen molar-refractivity contribution in [1.29, 1.82) is 0 Å². The van der Waals surface area contributed by atoms with Crippen molar-refractivity contribution in [2.75, 3.05) is 34.0 Å². The maximum atomic E-state index is 12.4. The summed E-state index contributed by atoms with van der Waals surface area (Å²) in [5, 5.41) is 13.3. The number of amides is 1. The fourth-order valence-electron chi connectivity index (χ4n) is 5.85. The van der Waals surface area contributed by atoms with E-state index in [2.05, 4.69) is 39.8 Å². The summed E-state index contributed by atoms with van der Waals surface area (Å²) in [4.78, 5) is 12.4. The lowest BCUT2D eigenvalue weighted by Crippen LogP contribution is -2.56. The molecule has 4 aromatic rings. The van der Waals surface area contributed by atoms with E-state index in [4.69, 9.17) is 19.9 Å². The number of fused-ring (bicyclic) bond motifs is 2. The number of rotatable bonds is 7. The molecule has 0 fully saturated rings. The number of nitrogens with two attached hydrogens (primary N) is 1. The molecule has 3 aromatic carbocycles. The lowest BCUT2D eigenvalue weighted by molar-refractivity contribution is -0.929. The van der Waals surface area contributed by atoms with Gasteiger partial charge in [0.25, 0.3) is 5.91 Å². The fourth-order valence-corrected chi connectivity index (χ4v) is 5.85. The number of carbonyl (C=O) groups excluding carboxylic acids is 1. The molecule has 0 radical (unpaired) electrons. The predicted molar refractivity (Wildman–Crippen MR) is 138 cm³/mol. The van der Waals surface area contributed by atoms with Gasteiger partial charge in [0, 0.05) is 6.42 Å². The Balaban J connectivity index is 1.60. The number of hydrogen-bond acceptors (Lipinski definition) is 7. The molecule has 1 aromatic heterocycles. The minimum Gasteiger partial charge on any atom is -0.492 e. The van der Waals surface area contributed by atoms with Crippen LogP contribution in [0.4, 0.5) is 0 Å². The van der Waals surface area contributed by atoms with Crippen molar-refractivity contribution >= 4 is 5.91 Å². The van der Waals surface area contributed by atoms with Gasteiger partial charge in [-0.1, -0.05) is 60.7 Å². The van der Waals surface area contributed by atoms with E-state index in [1.165, 1.54) is 0 Å². The second kappa shape index (κ2) is 9.46. The second-order valence-electron chi connectivity index (χ2n) is 9.90. The molecular weight excluding hydrogens is 484 g/mol. The Hall–Kier alpha value is -4.44. The molecule has 194 valence electrons. The molecule has 0 saturated heterocycles. The molecule has 2 unspecified atom stereocenters. The molecule has 6 rings (SSSR count). The number of nitrogens with zero attached hydrogens (tertiary/aromatic N) is 5. The second-order valence-corrected chi connectivity index (χ2v) is 9.90. The topological polar surface area (TPSA) is 114 Å². The van der Waals surface area contributed by atoms with Crippen molar-refractivity contribution in [2.45, 2.75) is 18.5 Å². The largest absolute Gasteiger partial charge is 0.492 e. The maximum absolute atomic E-state index is 12.4. The minimum absolute atomic E-state index is 0.107. The van der Waals surface area contributed by atoms with Crippen molar-refractivity contribution in [1.82, 2.24) is 20.2 Å². The smallest absolute Gasteiger partial charge is 0.272 e. The molecule has 38 heavy (non-hydrogen) atoms. The van der Waals surface area contributed by atoms with E-state index in [1.54, 1.807) is 7.11 Å². The summed E-state index contributed by atoms with van der Waals surface area (Å²) in [5.41, 5.74) is 9.78. The molecule has 0 spiro atoms. The summed E-state index contributed by atoms with van der Waals surface area (Å²) < 4.78 is 19.6. The Morgan fingerprint density at radius 3 is 2.45 bits per heavy atom. The number of primary amides is 1. The summed E-state index contributed by atoms with van der Waals surface area (Å²) in [6, 6.07) is 21.5. The molecule has 10 nitrogen and oxygen atoms in total. The Morgan fingerprint density at radius 2 is 1.82 bits per heavy atom. The van der Waals surface area contributed by atoms with Crippen LogP contribution in [-0.2, 0) is 11.2 Å². The lowest BCUT2D eigenvalue weighted by Gasteiger charge is -2.44. The SMILES string of the molecule is COc1c2c(cc3c1C(c1nnnn1C(c1ccccc1)c1ccccc1)[N+](C)(CC(N)=O)CC3)OCO2. The molecule has 2 aliphatic heterocycles. The van der Waals surface area contributed by atoms with Crippen LogP contribution < -0.4 is 19.9 Å². The standard InChI is InChI=1S/C28H28N6O4/c1-34(16-22(29)35)14-13-20-15-21-26(38-17-37-21)27(36-2)23(20)25(34)28-30-31-32-33(28)24(18-9-5-3-6-10-18)19-11-7-4-8-12-19/h3-12,15,24-25H,13-14,16-17H2,1-2H3,(H-,29,35)/p+1. The third-order valence-electron chi connectivity index (χ3n) is 7.49. The zero-order valence-corrected chi connectivity index (χ0v) is 21.3. The molecule has 3 heterocycles. The summed E-state index contributed by atoms with van der Waals surface area (Å²) in [6.07, 6.45) is 0.699. The predicted octanol–water partition coefficient (Wildman–Crippen LogP) is 2.63. The van der Waals surface area contributed by atoms with Gasteiger partial charge in [-0.3, -0.25) is 4.79 Å². The van der Waals surface area contributed by atoms with Crippen molar-refractivity contribution in [3.05, 3.63) is 94.8 Å². The zero-order chi connectivity index (χ0) is 26.3. The third-order valence-corrected chi connectivity index (χ3v) is 7.49. The molecule has 2 aliphatic rings. The van der Waals surface area contributed by atoms with Crippen LogP contribution in [0, 0.1) is 0 Å². The Morgan fingerprint density at radius 1 is 1.13 bits per heavy atom. The van der Waals surface area contributed by atoms with E-state index in [-0.39, 0.29) is 23.9 Å². The Kier molecular flexibility index (Phi) is 5.96. The van der Waals surface area contributed by atoms with Crippen molar-refractivity contribution in [3.8, 4) is 17.2 Å². The highest BCUT2D eigenvalue weighted by atomic mass is 16.7. The number of aromatic nitrogens is 4. The highest BCUT2D eigenvalue weighted by Gasteiger charge is 2.48. The summed E-state index contributed by atoms with van der Waals surface area (Å²) >= 11 is 0. The minimum atomic E-state index is -0.458. The molecule has 10 heteroatoms. The van der Waals surface area contributed by atoms with Gasteiger partial charge >= 0.3 is 0 Å². The van der Waals surface area contributed by atoms with Crippen LogP contribution in [0.3, 0.4) is 0 Å². The molecule has 0 saturated carbocycles. The van der Waals surface area contributed by atoms with Gasteiger partial charge in [-0.2, -0.15) is 0 Å². The summed E-state index contributed by atoms with van der Waals surface area (Å²) in [6.45, 7) is 0.877. The molecule has 0 aliphatic carbocycles. The Bertz CT molecular complexity index is 1440. The summed E-state index contributed by atoms with van der Waals surface area (Å²) in [5.74, 6) is 1.97. The number of ether oxygens (including phenoxy) is 3. The van der Waals surface area contributed by atoms with E-state index in [0.717, 1.165) is 22.3 Å². The molecular formula is C28H29N6O4+. The fraction of sp³-hybridized carbons (Fsp3) is 0.286. The van der Waals surface area contributed by atoms with Crippen LogP contribution in [0.25, 0.3) is 0 Å². The number of tetrazole rings is 1. The van der Waals surface area contributed by atoms with Crippen LogP contribution in [0.15, 0.2) is 66.7 Å². The first-order chi connectivity index (χ1) is 18.5. The first-order valence-corrected chi connectivity index (χ1v) is 12.5. The van der Waals surface area contributed by atoms with Gasteiger partial charge in [-0.15, -0.1) is 5.10 Å². The normalized spacial score (nSPS) is 19.8. The van der Waals surface area contributed by atoms with Crippen molar-refractivity contribution in [3.63, 3.8) is 0 Å². The molecule has 2 N–H and O–H groups in total. The molecule has 2 atom stereocenters.